The number of carbonyl (C=O) groups excluding carboxylic acids is 1. The normalized spacial score (nSPS) is 17.7. The van der Waals surface area contributed by atoms with Crippen molar-refractivity contribution in [3.8, 4) is 0 Å². The van der Waals surface area contributed by atoms with E-state index in [0.29, 0.717) is 19.8 Å². The highest BCUT2D eigenvalue weighted by atomic mass is 79.9. The van der Waals surface area contributed by atoms with Crippen molar-refractivity contribution in [3.05, 3.63) is 28.2 Å². The monoisotopic (exact) mass is 403 g/mol. The summed E-state index contributed by atoms with van der Waals surface area (Å²) in [6.07, 6.45) is 0.498. The molecular formula is C18H24BrF2NO2. The molecule has 24 heavy (non-hydrogen) atoms. The van der Waals surface area contributed by atoms with E-state index >= 15 is 0 Å². The van der Waals surface area contributed by atoms with Gasteiger partial charge in [-0.2, -0.15) is 0 Å². The van der Waals surface area contributed by atoms with E-state index in [1.54, 1.807) is 0 Å². The SMILES string of the molecule is CCOCCNc1cc(Br)ccc1CC(=O)C1CCC(F)(F)CC1. The minimum atomic E-state index is -2.60. The van der Waals surface area contributed by atoms with E-state index in [0.717, 1.165) is 15.7 Å². The summed E-state index contributed by atoms with van der Waals surface area (Å²) in [7, 11) is 0. The predicted molar refractivity (Wildman–Crippen MR) is 94.7 cm³/mol. The summed E-state index contributed by atoms with van der Waals surface area (Å²) >= 11 is 3.43. The average Bonchev–Trinajstić information content (AvgIpc) is 2.53. The lowest BCUT2D eigenvalue weighted by Gasteiger charge is -2.27. The van der Waals surface area contributed by atoms with Crippen LogP contribution in [-0.2, 0) is 16.0 Å². The Morgan fingerprint density at radius 1 is 1.38 bits per heavy atom. The first-order valence-electron chi connectivity index (χ1n) is 8.42. The van der Waals surface area contributed by atoms with Gasteiger partial charge in [0.15, 0.2) is 0 Å². The van der Waals surface area contributed by atoms with Crippen LogP contribution in [0.3, 0.4) is 0 Å². The molecule has 1 fully saturated rings. The van der Waals surface area contributed by atoms with Crippen LogP contribution in [-0.4, -0.2) is 31.5 Å². The Labute approximate surface area is 150 Å². The number of Topliss-reactive ketones (excluding diaryl/α,β-unsaturated/α-hetero) is 1. The second kappa shape index (κ2) is 8.90. The third kappa shape index (κ3) is 5.81. The first kappa shape index (κ1) is 19.3. The number of anilines is 1. The van der Waals surface area contributed by atoms with E-state index in [1.807, 2.05) is 25.1 Å². The maximum absolute atomic E-state index is 13.2. The van der Waals surface area contributed by atoms with E-state index in [1.165, 1.54) is 0 Å². The predicted octanol–water partition coefficient (Wildman–Crippen LogP) is 4.83. The van der Waals surface area contributed by atoms with Crippen molar-refractivity contribution in [2.45, 2.75) is 45.0 Å². The number of alkyl halides is 2. The van der Waals surface area contributed by atoms with Gasteiger partial charge in [0.1, 0.15) is 5.78 Å². The van der Waals surface area contributed by atoms with Gasteiger partial charge in [-0.25, -0.2) is 8.78 Å². The maximum atomic E-state index is 13.2. The minimum Gasteiger partial charge on any atom is -0.382 e. The number of ketones is 1. The zero-order chi connectivity index (χ0) is 17.6. The first-order chi connectivity index (χ1) is 11.4. The third-order valence-electron chi connectivity index (χ3n) is 4.38. The Balaban J connectivity index is 1.96. The Kier molecular flexibility index (Phi) is 7.16. The molecule has 1 aromatic rings. The Bertz CT molecular complexity index is 556. The van der Waals surface area contributed by atoms with Gasteiger partial charge in [-0.1, -0.05) is 22.0 Å². The van der Waals surface area contributed by atoms with Crippen LogP contribution in [0.15, 0.2) is 22.7 Å². The molecule has 1 aliphatic rings. The molecule has 0 spiro atoms. The maximum Gasteiger partial charge on any atom is 0.248 e. The van der Waals surface area contributed by atoms with E-state index in [2.05, 4.69) is 21.2 Å². The largest absolute Gasteiger partial charge is 0.382 e. The number of nitrogens with one attached hydrogen (secondary N) is 1. The fourth-order valence-electron chi connectivity index (χ4n) is 2.96. The van der Waals surface area contributed by atoms with E-state index < -0.39 is 5.92 Å². The van der Waals surface area contributed by atoms with Crippen molar-refractivity contribution >= 4 is 27.4 Å². The van der Waals surface area contributed by atoms with Gasteiger partial charge >= 0.3 is 0 Å². The molecule has 1 saturated carbocycles. The molecule has 0 heterocycles. The molecule has 2 rings (SSSR count). The standard InChI is InChI=1S/C18H24BrF2NO2/c1-2-24-10-9-22-16-12-15(19)4-3-14(16)11-17(23)13-5-7-18(20,21)8-6-13/h3-4,12-13,22H,2,5-11H2,1H3. The van der Waals surface area contributed by atoms with Gasteiger partial charge in [0.05, 0.1) is 6.61 Å². The zero-order valence-electron chi connectivity index (χ0n) is 13.9. The van der Waals surface area contributed by atoms with Crippen molar-refractivity contribution in [1.29, 1.82) is 0 Å². The molecular weight excluding hydrogens is 380 g/mol. The van der Waals surface area contributed by atoms with Gasteiger partial charge in [0, 0.05) is 48.5 Å². The van der Waals surface area contributed by atoms with Crippen LogP contribution in [0.25, 0.3) is 0 Å². The Hall–Kier alpha value is -1.01. The average molecular weight is 404 g/mol. The van der Waals surface area contributed by atoms with Crippen LogP contribution in [0.4, 0.5) is 14.5 Å². The summed E-state index contributed by atoms with van der Waals surface area (Å²) < 4.78 is 32.7. The molecule has 3 nitrogen and oxygen atoms in total. The van der Waals surface area contributed by atoms with Gasteiger partial charge in [-0.05, 0) is 37.5 Å². The fraction of sp³-hybridized carbons (Fsp3) is 0.611. The Morgan fingerprint density at radius 2 is 2.08 bits per heavy atom. The second-order valence-corrected chi connectivity index (χ2v) is 7.11. The van der Waals surface area contributed by atoms with Crippen LogP contribution < -0.4 is 5.32 Å². The summed E-state index contributed by atoms with van der Waals surface area (Å²) in [5, 5.41) is 3.28. The highest BCUT2D eigenvalue weighted by molar-refractivity contribution is 9.10. The lowest BCUT2D eigenvalue weighted by atomic mass is 9.82. The van der Waals surface area contributed by atoms with Crippen LogP contribution in [0.2, 0.25) is 0 Å². The van der Waals surface area contributed by atoms with Gasteiger partial charge < -0.3 is 10.1 Å². The molecule has 0 saturated heterocycles. The molecule has 6 heteroatoms. The molecule has 0 atom stereocenters. The van der Waals surface area contributed by atoms with Gasteiger partial charge in [-0.15, -0.1) is 0 Å². The second-order valence-electron chi connectivity index (χ2n) is 6.20. The zero-order valence-corrected chi connectivity index (χ0v) is 15.5. The van der Waals surface area contributed by atoms with Crippen molar-refractivity contribution in [2.24, 2.45) is 5.92 Å². The molecule has 134 valence electrons. The number of hydrogen-bond donors (Lipinski definition) is 1. The number of ether oxygens (including phenoxy) is 1. The fourth-order valence-corrected chi connectivity index (χ4v) is 3.32. The molecule has 1 N–H and O–H groups in total. The topological polar surface area (TPSA) is 38.3 Å². The summed E-state index contributed by atoms with van der Waals surface area (Å²) in [5.41, 5.74) is 1.79. The molecule has 0 unspecified atom stereocenters. The van der Waals surface area contributed by atoms with Crippen molar-refractivity contribution in [1.82, 2.24) is 0 Å². The number of carbonyl (C=O) groups is 1. The number of hydrogen-bond acceptors (Lipinski definition) is 3. The molecule has 1 aliphatic carbocycles. The Morgan fingerprint density at radius 3 is 2.75 bits per heavy atom. The lowest BCUT2D eigenvalue weighted by molar-refractivity contribution is -0.126. The van der Waals surface area contributed by atoms with Crippen molar-refractivity contribution in [2.75, 3.05) is 25.1 Å². The third-order valence-corrected chi connectivity index (χ3v) is 4.87. The minimum absolute atomic E-state index is 0.0562. The van der Waals surface area contributed by atoms with Crippen LogP contribution >= 0.6 is 15.9 Å². The number of halogens is 3. The summed E-state index contributed by atoms with van der Waals surface area (Å²) in [6, 6.07) is 5.73. The summed E-state index contributed by atoms with van der Waals surface area (Å²) in [5.74, 6) is -2.79. The van der Waals surface area contributed by atoms with E-state index in [4.69, 9.17) is 4.74 Å². The van der Waals surface area contributed by atoms with Gasteiger partial charge in [0.2, 0.25) is 5.92 Å². The van der Waals surface area contributed by atoms with Crippen LogP contribution in [0.1, 0.15) is 38.2 Å². The van der Waals surface area contributed by atoms with Gasteiger partial charge in [-0.3, -0.25) is 4.79 Å². The highest BCUT2D eigenvalue weighted by Gasteiger charge is 2.37. The highest BCUT2D eigenvalue weighted by Crippen LogP contribution is 2.37. The first-order valence-corrected chi connectivity index (χ1v) is 9.21. The quantitative estimate of drug-likeness (QED) is 0.631. The molecule has 0 radical (unpaired) electrons. The van der Waals surface area contributed by atoms with Crippen LogP contribution in [0.5, 0.6) is 0 Å². The van der Waals surface area contributed by atoms with Crippen molar-refractivity contribution < 1.29 is 18.3 Å². The summed E-state index contributed by atoms with van der Waals surface area (Å²) in [4.78, 5) is 12.5. The van der Waals surface area contributed by atoms with Gasteiger partial charge in [0.25, 0.3) is 0 Å². The lowest BCUT2D eigenvalue weighted by Crippen LogP contribution is -2.29. The molecule has 1 aromatic carbocycles. The summed E-state index contributed by atoms with van der Waals surface area (Å²) in [6.45, 7) is 3.85. The molecule has 0 aliphatic heterocycles. The van der Waals surface area contributed by atoms with E-state index in [9.17, 15) is 13.6 Å². The van der Waals surface area contributed by atoms with E-state index in [-0.39, 0.29) is 43.8 Å². The number of rotatable bonds is 8. The molecule has 0 bridgehead atoms. The number of benzene rings is 1. The van der Waals surface area contributed by atoms with Crippen molar-refractivity contribution in [3.63, 3.8) is 0 Å². The molecule has 0 amide bonds. The molecule has 0 aromatic heterocycles. The van der Waals surface area contributed by atoms with Crippen LogP contribution in [0, 0.1) is 5.92 Å². The smallest absolute Gasteiger partial charge is 0.248 e.